The van der Waals surface area contributed by atoms with Crippen LogP contribution in [0.5, 0.6) is 0 Å². The first kappa shape index (κ1) is 14.1. The first-order valence-corrected chi connectivity index (χ1v) is 7.26. The van der Waals surface area contributed by atoms with Crippen LogP contribution in [0.25, 0.3) is 0 Å². The molecule has 1 aliphatic rings. The van der Waals surface area contributed by atoms with Gasteiger partial charge in [0, 0.05) is 12.0 Å². The third kappa shape index (κ3) is 4.92. The Hall–Kier alpha value is 0.0500. The first-order chi connectivity index (χ1) is 7.83. The van der Waals surface area contributed by atoms with Gasteiger partial charge in [-0.15, -0.1) is 6.58 Å². The van der Waals surface area contributed by atoms with Gasteiger partial charge in [0.2, 0.25) is 0 Å². The minimum absolute atomic E-state index is 0.369. The van der Waals surface area contributed by atoms with Gasteiger partial charge in [-0.1, -0.05) is 31.8 Å². The maximum Gasteiger partial charge on any atom is 0.0530 e. The standard InChI is InChI=1S/C14H26OS/c1-2-3-8-11-15-12-14(13-16)9-6-4-5-7-10-14/h2,16H,1,3-13H2. The van der Waals surface area contributed by atoms with E-state index in [1.807, 2.05) is 6.08 Å². The number of rotatable bonds is 7. The van der Waals surface area contributed by atoms with Gasteiger partial charge in [0.15, 0.2) is 0 Å². The van der Waals surface area contributed by atoms with Crippen molar-refractivity contribution in [3.05, 3.63) is 12.7 Å². The summed E-state index contributed by atoms with van der Waals surface area (Å²) in [5.41, 5.74) is 0.369. The lowest BCUT2D eigenvalue weighted by Crippen LogP contribution is -2.28. The smallest absolute Gasteiger partial charge is 0.0530 e. The van der Waals surface area contributed by atoms with Gasteiger partial charge in [-0.3, -0.25) is 0 Å². The molecule has 1 nitrogen and oxygen atoms in total. The second-order valence-electron chi connectivity index (χ2n) is 5.06. The number of allylic oxidation sites excluding steroid dienone is 1. The molecule has 94 valence electrons. The molecule has 1 fully saturated rings. The van der Waals surface area contributed by atoms with Gasteiger partial charge in [0.25, 0.3) is 0 Å². The van der Waals surface area contributed by atoms with Crippen LogP contribution in [-0.4, -0.2) is 19.0 Å². The predicted octanol–water partition coefficient (Wildman–Crippen LogP) is 4.24. The molecule has 0 heterocycles. The molecule has 1 aliphatic carbocycles. The van der Waals surface area contributed by atoms with Gasteiger partial charge in [0.05, 0.1) is 6.61 Å². The minimum Gasteiger partial charge on any atom is -0.381 e. The monoisotopic (exact) mass is 242 g/mol. The normalized spacial score (nSPS) is 20.3. The van der Waals surface area contributed by atoms with Gasteiger partial charge >= 0.3 is 0 Å². The summed E-state index contributed by atoms with van der Waals surface area (Å²) in [4.78, 5) is 0. The minimum atomic E-state index is 0.369. The van der Waals surface area contributed by atoms with Crippen LogP contribution in [0.2, 0.25) is 0 Å². The molecule has 0 aromatic heterocycles. The molecular formula is C14H26OS. The third-order valence-electron chi connectivity index (χ3n) is 3.60. The zero-order valence-electron chi connectivity index (χ0n) is 10.4. The van der Waals surface area contributed by atoms with Gasteiger partial charge in [-0.2, -0.15) is 12.6 Å². The lowest BCUT2D eigenvalue weighted by molar-refractivity contribution is 0.0462. The van der Waals surface area contributed by atoms with Crippen LogP contribution in [0.4, 0.5) is 0 Å². The van der Waals surface area contributed by atoms with E-state index in [-0.39, 0.29) is 0 Å². The third-order valence-corrected chi connectivity index (χ3v) is 4.28. The molecule has 16 heavy (non-hydrogen) atoms. The van der Waals surface area contributed by atoms with E-state index in [2.05, 4.69) is 19.2 Å². The summed E-state index contributed by atoms with van der Waals surface area (Å²) in [6.07, 6.45) is 12.2. The summed E-state index contributed by atoms with van der Waals surface area (Å²) in [6.45, 7) is 5.51. The van der Waals surface area contributed by atoms with Crippen molar-refractivity contribution in [3.8, 4) is 0 Å². The van der Waals surface area contributed by atoms with Crippen LogP contribution in [0.15, 0.2) is 12.7 Å². The molecule has 0 atom stereocenters. The van der Waals surface area contributed by atoms with Crippen molar-refractivity contribution in [1.29, 1.82) is 0 Å². The van der Waals surface area contributed by atoms with Crippen molar-refractivity contribution in [3.63, 3.8) is 0 Å². The van der Waals surface area contributed by atoms with Crippen molar-refractivity contribution in [2.45, 2.75) is 51.4 Å². The number of unbranched alkanes of at least 4 members (excludes halogenated alkanes) is 1. The van der Waals surface area contributed by atoms with Crippen LogP contribution >= 0.6 is 12.6 Å². The zero-order chi connectivity index (χ0) is 11.7. The Bertz CT molecular complexity index is 183. The molecule has 0 bridgehead atoms. The highest BCUT2D eigenvalue weighted by Crippen LogP contribution is 2.36. The molecule has 0 aromatic carbocycles. The molecule has 1 saturated carbocycles. The fourth-order valence-corrected chi connectivity index (χ4v) is 2.85. The average Bonchev–Trinajstić information content (AvgIpc) is 2.55. The van der Waals surface area contributed by atoms with Crippen LogP contribution in [0, 0.1) is 5.41 Å². The van der Waals surface area contributed by atoms with E-state index in [0.29, 0.717) is 5.41 Å². The van der Waals surface area contributed by atoms with E-state index in [0.717, 1.165) is 31.8 Å². The highest BCUT2D eigenvalue weighted by molar-refractivity contribution is 7.80. The van der Waals surface area contributed by atoms with Crippen LogP contribution in [0.1, 0.15) is 51.4 Å². The summed E-state index contributed by atoms with van der Waals surface area (Å²) >= 11 is 4.54. The first-order valence-electron chi connectivity index (χ1n) is 6.62. The quantitative estimate of drug-likeness (QED) is 0.304. The second-order valence-corrected chi connectivity index (χ2v) is 5.37. The summed E-state index contributed by atoms with van der Waals surface area (Å²) in [5, 5.41) is 0. The van der Waals surface area contributed by atoms with Crippen molar-refractivity contribution < 1.29 is 4.74 Å². The molecule has 1 rings (SSSR count). The van der Waals surface area contributed by atoms with E-state index in [1.54, 1.807) is 0 Å². The summed E-state index contributed by atoms with van der Waals surface area (Å²) in [7, 11) is 0. The van der Waals surface area contributed by atoms with Gasteiger partial charge in [0.1, 0.15) is 0 Å². The number of hydrogen-bond acceptors (Lipinski definition) is 2. The topological polar surface area (TPSA) is 9.23 Å². The van der Waals surface area contributed by atoms with Gasteiger partial charge in [-0.25, -0.2) is 0 Å². The Morgan fingerprint density at radius 3 is 2.44 bits per heavy atom. The molecule has 0 amide bonds. The maximum atomic E-state index is 5.83. The fraction of sp³-hybridized carbons (Fsp3) is 0.857. The largest absolute Gasteiger partial charge is 0.381 e. The Balaban J connectivity index is 2.25. The molecule has 2 heteroatoms. The van der Waals surface area contributed by atoms with E-state index >= 15 is 0 Å². The van der Waals surface area contributed by atoms with E-state index in [9.17, 15) is 0 Å². The van der Waals surface area contributed by atoms with Gasteiger partial charge in [-0.05, 0) is 31.4 Å². The second kappa shape index (κ2) is 8.19. The van der Waals surface area contributed by atoms with Crippen molar-refractivity contribution >= 4 is 12.6 Å². The lowest BCUT2D eigenvalue weighted by atomic mass is 9.83. The average molecular weight is 242 g/mol. The Kier molecular flexibility index (Phi) is 7.22. The van der Waals surface area contributed by atoms with E-state index < -0.39 is 0 Å². The summed E-state index contributed by atoms with van der Waals surface area (Å²) in [5.74, 6) is 0.981. The Labute approximate surface area is 106 Å². The lowest BCUT2D eigenvalue weighted by Gasteiger charge is -2.30. The molecule has 0 aliphatic heterocycles. The number of ether oxygens (including phenoxy) is 1. The van der Waals surface area contributed by atoms with Crippen LogP contribution in [0.3, 0.4) is 0 Å². The van der Waals surface area contributed by atoms with Crippen molar-refractivity contribution in [2.75, 3.05) is 19.0 Å². The predicted molar refractivity (Wildman–Crippen MR) is 74.2 cm³/mol. The zero-order valence-corrected chi connectivity index (χ0v) is 11.3. The summed E-state index contributed by atoms with van der Waals surface area (Å²) < 4.78 is 5.83. The molecule has 0 N–H and O–H groups in total. The fourth-order valence-electron chi connectivity index (χ4n) is 2.45. The molecular weight excluding hydrogens is 216 g/mol. The molecule has 0 unspecified atom stereocenters. The highest BCUT2D eigenvalue weighted by Gasteiger charge is 2.29. The molecule has 0 spiro atoms. The van der Waals surface area contributed by atoms with Crippen molar-refractivity contribution in [2.24, 2.45) is 5.41 Å². The van der Waals surface area contributed by atoms with Crippen LogP contribution < -0.4 is 0 Å². The Morgan fingerprint density at radius 2 is 1.88 bits per heavy atom. The van der Waals surface area contributed by atoms with Crippen LogP contribution in [-0.2, 0) is 4.74 Å². The molecule has 0 saturated heterocycles. The number of thiol groups is 1. The highest BCUT2D eigenvalue weighted by atomic mass is 32.1. The van der Waals surface area contributed by atoms with E-state index in [4.69, 9.17) is 4.74 Å². The maximum absolute atomic E-state index is 5.83. The van der Waals surface area contributed by atoms with Gasteiger partial charge < -0.3 is 4.74 Å². The SMILES string of the molecule is C=CCCCOCC1(CS)CCCCCC1. The molecule has 0 aromatic rings. The van der Waals surface area contributed by atoms with E-state index in [1.165, 1.54) is 38.5 Å². The molecule has 0 radical (unpaired) electrons. The Morgan fingerprint density at radius 1 is 1.19 bits per heavy atom. The summed E-state index contributed by atoms with van der Waals surface area (Å²) in [6, 6.07) is 0. The van der Waals surface area contributed by atoms with Crippen molar-refractivity contribution in [1.82, 2.24) is 0 Å². The number of hydrogen-bond donors (Lipinski definition) is 1.